The summed E-state index contributed by atoms with van der Waals surface area (Å²) >= 11 is 0. The predicted octanol–water partition coefficient (Wildman–Crippen LogP) is 2.97. The lowest BCUT2D eigenvalue weighted by Crippen LogP contribution is -2.57. The van der Waals surface area contributed by atoms with E-state index < -0.39 is 22.8 Å². The van der Waals surface area contributed by atoms with E-state index in [0.717, 1.165) is 30.0 Å². The molecule has 4 heterocycles. The average Bonchev–Trinajstić information content (AvgIpc) is 2.88. The maximum Gasteiger partial charge on any atom is 0.325 e. The zero-order valence-corrected chi connectivity index (χ0v) is 22.0. The maximum atomic E-state index is 12.6. The number of carbonyl (C=O) groups excluding carboxylic acids is 1. The third-order valence-electron chi connectivity index (χ3n) is 6.76. The minimum atomic E-state index is -2.96. The van der Waals surface area contributed by atoms with Gasteiger partial charge in [0.15, 0.2) is 11.0 Å². The van der Waals surface area contributed by atoms with E-state index in [0.29, 0.717) is 29.7 Å². The van der Waals surface area contributed by atoms with Gasteiger partial charge >= 0.3 is 5.76 Å². The van der Waals surface area contributed by atoms with Gasteiger partial charge in [-0.05, 0) is 57.0 Å². The van der Waals surface area contributed by atoms with E-state index in [9.17, 15) is 17.8 Å². The molecular weight excluding hydrogens is 514 g/mol. The molecular formula is C26H30F2N6O3S. The van der Waals surface area contributed by atoms with Crippen LogP contribution in [0.15, 0.2) is 42.6 Å². The van der Waals surface area contributed by atoms with Gasteiger partial charge in [-0.25, -0.2) is 18.9 Å². The molecule has 1 aliphatic carbocycles. The SMILES string of the molecule is CC1CN(c2cccc(-c3ccc4cnc(CC(=O)NC5CC[C@@H]5NS(=O)C(F)F)cc4n3)n2)C[C@@H](C)O1. The van der Waals surface area contributed by atoms with Gasteiger partial charge in [-0.1, -0.05) is 6.07 Å². The number of carbonyl (C=O) groups is 1. The molecule has 2 fully saturated rings. The van der Waals surface area contributed by atoms with Crippen molar-refractivity contribution in [1.29, 1.82) is 0 Å². The van der Waals surface area contributed by atoms with Gasteiger partial charge in [0.05, 0.1) is 41.2 Å². The van der Waals surface area contributed by atoms with E-state index in [1.54, 1.807) is 12.3 Å². The number of halogens is 2. The molecule has 1 saturated carbocycles. The van der Waals surface area contributed by atoms with E-state index in [4.69, 9.17) is 14.7 Å². The van der Waals surface area contributed by atoms with Crippen LogP contribution in [-0.2, 0) is 26.9 Å². The van der Waals surface area contributed by atoms with Gasteiger partial charge in [0.2, 0.25) is 5.91 Å². The topological polar surface area (TPSA) is 109 Å². The van der Waals surface area contributed by atoms with Crippen LogP contribution in [0.2, 0.25) is 0 Å². The van der Waals surface area contributed by atoms with Gasteiger partial charge in [0.25, 0.3) is 0 Å². The van der Waals surface area contributed by atoms with Gasteiger partial charge in [-0.2, -0.15) is 8.78 Å². The van der Waals surface area contributed by atoms with Gasteiger partial charge in [-0.15, -0.1) is 0 Å². The first-order valence-electron chi connectivity index (χ1n) is 12.6. The lowest BCUT2D eigenvalue weighted by atomic mass is 9.87. The highest BCUT2D eigenvalue weighted by atomic mass is 32.2. The Hall–Kier alpha value is -3.09. The molecule has 3 aromatic rings. The average molecular weight is 545 g/mol. The van der Waals surface area contributed by atoms with Crippen molar-refractivity contribution in [3.05, 3.63) is 48.3 Å². The van der Waals surface area contributed by atoms with E-state index >= 15 is 0 Å². The van der Waals surface area contributed by atoms with Crippen LogP contribution in [0.4, 0.5) is 14.6 Å². The summed E-state index contributed by atoms with van der Waals surface area (Å²) in [5, 5.41) is 3.66. The molecule has 1 aliphatic heterocycles. The van der Waals surface area contributed by atoms with Crippen LogP contribution in [0, 0.1) is 0 Å². The normalized spacial score (nSPS) is 24.3. The Kier molecular flexibility index (Phi) is 7.91. The number of hydrogen-bond donors (Lipinski definition) is 2. The van der Waals surface area contributed by atoms with Crippen LogP contribution in [0.25, 0.3) is 22.3 Å². The molecule has 0 bridgehead atoms. The third kappa shape index (κ3) is 6.13. The standard InChI is InChI=1S/C26H30F2N6O3S/c1-15-13-34(14-16(2)37-15)24-5-3-4-19(31-24)20-7-6-17-12-29-18(10-23(17)30-20)11-25(35)32-21-8-9-22(21)33-38(36)26(27)28/h3-7,10,12,15-16,21-22,26,33H,8-9,11,13-14H2,1-2H3,(H,32,35)/t15-,16?,21?,22+,38?/m1/s1. The maximum absolute atomic E-state index is 12.6. The molecule has 2 aliphatic rings. The molecule has 202 valence electrons. The quantitative estimate of drug-likeness (QED) is 0.449. The lowest BCUT2D eigenvalue weighted by molar-refractivity contribution is -0.121. The summed E-state index contributed by atoms with van der Waals surface area (Å²) in [6.45, 7) is 5.65. The second-order valence-electron chi connectivity index (χ2n) is 9.82. The number of fused-ring (bicyclic) bond motifs is 1. The number of ether oxygens (including phenoxy) is 1. The molecule has 3 unspecified atom stereocenters. The first kappa shape index (κ1) is 26.5. The molecule has 5 atom stereocenters. The number of amides is 1. The van der Waals surface area contributed by atoms with Crippen LogP contribution in [0.1, 0.15) is 32.4 Å². The van der Waals surface area contributed by atoms with Crippen LogP contribution < -0.4 is 14.9 Å². The van der Waals surface area contributed by atoms with E-state index in [-0.39, 0.29) is 30.6 Å². The Balaban J connectivity index is 1.27. The molecule has 5 rings (SSSR count). The Labute approximate surface area is 222 Å². The van der Waals surface area contributed by atoms with Crippen LogP contribution in [-0.4, -0.2) is 68.2 Å². The van der Waals surface area contributed by atoms with Gasteiger partial charge in [-0.3, -0.25) is 9.78 Å². The third-order valence-corrected chi connectivity index (χ3v) is 7.62. The van der Waals surface area contributed by atoms with Crippen LogP contribution in [0.5, 0.6) is 0 Å². The molecule has 9 nitrogen and oxygen atoms in total. The summed E-state index contributed by atoms with van der Waals surface area (Å²) < 4.78 is 44.7. The predicted molar refractivity (Wildman–Crippen MR) is 141 cm³/mol. The van der Waals surface area contributed by atoms with E-state index in [1.807, 2.05) is 30.3 Å². The van der Waals surface area contributed by atoms with Crippen molar-refractivity contribution < 1.29 is 22.5 Å². The van der Waals surface area contributed by atoms with Gasteiger partial charge in [0, 0.05) is 36.8 Å². The van der Waals surface area contributed by atoms with Crippen molar-refractivity contribution in [2.75, 3.05) is 18.0 Å². The van der Waals surface area contributed by atoms with Crippen molar-refractivity contribution >= 4 is 33.6 Å². The molecule has 12 heteroatoms. The zero-order valence-electron chi connectivity index (χ0n) is 21.1. The Morgan fingerprint density at radius 2 is 1.84 bits per heavy atom. The minimum Gasteiger partial charge on any atom is -0.372 e. The Bertz CT molecular complexity index is 1340. The fraction of sp³-hybridized carbons (Fsp3) is 0.462. The van der Waals surface area contributed by atoms with Crippen LogP contribution in [0.3, 0.4) is 0 Å². The van der Waals surface area contributed by atoms with E-state index in [1.165, 1.54) is 0 Å². The lowest BCUT2D eigenvalue weighted by Gasteiger charge is -2.37. The number of nitrogens with zero attached hydrogens (tertiary/aromatic N) is 4. The Morgan fingerprint density at radius 3 is 2.55 bits per heavy atom. The minimum absolute atomic E-state index is 0.0180. The molecule has 3 aromatic heterocycles. The van der Waals surface area contributed by atoms with Crippen molar-refractivity contribution in [1.82, 2.24) is 25.0 Å². The summed E-state index contributed by atoms with van der Waals surface area (Å²) in [5.41, 5.74) is 2.69. The molecule has 1 saturated heterocycles. The summed E-state index contributed by atoms with van der Waals surface area (Å²) in [5.74, 6) is -2.37. The first-order chi connectivity index (χ1) is 18.2. The number of rotatable bonds is 8. The summed E-state index contributed by atoms with van der Waals surface area (Å²) in [4.78, 5) is 28.8. The van der Waals surface area contributed by atoms with Crippen molar-refractivity contribution in [2.24, 2.45) is 0 Å². The summed E-state index contributed by atoms with van der Waals surface area (Å²) in [6, 6.07) is 10.7. The van der Waals surface area contributed by atoms with Gasteiger partial charge < -0.3 is 15.0 Å². The van der Waals surface area contributed by atoms with Gasteiger partial charge in [0.1, 0.15) is 5.82 Å². The molecule has 1 amide bonds. The molecule has 0 aromatic carbocycles. The number of pyridine rings is 3. The highest BCUT2D eigenvalue weighted by Gasteiger charge is 2.34. The van der Waals surface area contributed by atoms with E-state index in [2.05, 4.69) is 33.8 Å². The summed E-state index contributed by atoms with van der Waals surface area (Å²) in [6.07, 6.45) is 3.15. The summed E-state index contributed by atoms with van der Waals surface area (Å²) in [7, 11) is -2.43. The monoisotopic (exact) mass is 544 g/mol. The Morgan fingerprint density at radius 1 is 1.11 bits per heavy atom. The van der Waals surface area contributed by atoms with Crippen LogP contribution >= 0.6 is 0 Å². The number of anilines is 1. The molecule has 0 spiro atoms. The largest absolute Gasteiger partial charge is 0.372 e. The molecule has 38 heavy (non-hydrogen) atoms. The van der Waals surface area contributed by atoms with Crippen molar-refractivity contribution in [3.63, 3.8) is 0 Å². The first-order valence-corrected chi connectivity index (χ1v) is 13.8. The highest BCUT2D eigenvalue weighted by molar-refractivity contribution is 7.83. The smallest absolute Gasteiger partial charge is 0.325 e. The molecule has 0 radical (unpaired) electrons. The fourth-order valence-corrected chi connectivity index (χ4v) is 5.52. The number of alkyl halides is 2. The fourth-order valence-electron chi connectivity index (χ4n) is 4.84. The molecule has 2 N–H and O–H groups in total. The number of nitrogens with one attached hydrogen (secondary N) is 2. The van der Waals surface area contributed by atoms with Crippen molar-refractivity contribution in [3.8, 4) is 11.4 Å². The number of hydrogen-bond acceptors (Lipinski definition) is 7. The second-order valence-corrected chi connectivity index (χ2v) is 11.0. The number of morpholine rings is 1. The van der Waals surface area contributed by atoms with Crippen molar-refractivity contribution in [2.45, 2.75) is 63.2 Å². The second kappa shape index (κ2) is 11.3. The highest BCUT2D eigenvalue weighted by Crippen LogP contribution is 2.25. The number of aromatic nitrogens is 3. The zero-order chi connectivity index (χ0) is 26.8.